The van der Waals surface area contributed by atoms with Crippen LogP contribution in [0.5, 0.6) is 5.75 Å². The van der Waals surface area contributed by atoms with E-state index >= 15 is 0 Å². The second-order valence-electron chi connectivity index (χ2n) is 5.85. The van der Waals surface area contributed by atoms with Crippen LogP contribution in [0.1, 0.15) is 54.5 Å². The molecule has 1 aliphatic rings. The molecule has 21 heavy (non-hydrogen) atoms. The molecule has 1 aromatic heterocycles. The molecule has 112 valence electrons. The fourth-order valence-corrected chi connectivity index (χ4v) is 3.15. The van der Waals surface area contributed by atoms with E-state index in [2.05, 4.69) is 36.5 Å². The van der Waals surface area contributed by atoms with Crippen molar-refractivity contribution in [1.82, 2.24) is 5.32 Å². The number of hydrogen-bond acceptors (Lipinski definition) is 3. The largest absolute Gasteiger partial charge is 0.497 e. The molecule has 0 spiro atoms. The predicted molar refractivity (Wildman–Crippen MR) is 83.7 cm³/mol. The van der Waals surface area contributed by atoms with Crippen molar-refractivity contribution in [3.8, 4) is 5.75 Å². The lowest BCUT2D eigenvalue weighted by Crippen LogP contribution is -2.27. The van der Waals surface area contributed by atoms with Crippen molar-refractivity contribution in [1.29, 1.82) is 0 Å². The number of rotatable bonds is 4. The van der Waals surface area contributed by atoms with Gasteiger partial charge in [-0.2, -0.15) is 0 Å². The molecule has 1 N–H and O–H groups in total. The van der Waals surface area contributed by atoms with Gasteiger partial charge in [-0.15, -0.1) is 0 Å². The first-order valence-electron chi connectivity index (χ1n) is 7.66. The van der Waals surface area contributed by atoms with E-state index in [1.54, 1.807) is 7.11 Å². The van der Waals surface area contributed by atoms with Gasteiger partial charge in [0.25, 0.3) is 0 Å². The zero-order chi connectivity index (χ0) is 14.8. The van der Waals surface area contributed by atoms with Crippen LogP contribution in [0.3, 0.4) is 0 Å². The maximum atomic E-state index is 5.73. The Morgan fingerprint density at radius 3 is 2.86 bits per heavy atom. The van der Waals surface area contributed by atoms with E-state index in [4.69, 9.17) is 9.15 Å². The maximum absolute atomic E-state index is 5.73. The van der Waals surface area contributed by atoms with Gasteiger partial charge >= 0.3 is 0 Å². The Morgan fingerprint density at radius 1 is 1.29 bits per heavy atom. The molecule has 0 aliphatic heterocycles. The minimum Gasteiger partial charge on any atom is -0.497 e. The summed E-state index contributed by atoms with van der Waals surface area (Å²) in [6.07, 6.45) is 3.54. The van der Waals surface area contributed by atoms with Crippen LogP contribution in [0.4, 0.5) is 0 Å². The monoisotopic (exact) mass is 285 g/mol. The fraction of sp³-hybridized carbons (Fsp3) is 0.444. The average Bonchev–Trinajstić information content (AvgIpc) is 2.94. The van der Waals surface area contributed by atoms with E-state index in [1.165, 1.54) is 17.5 Å². The number of methoxy groups -OCH3 is 1. The van der Waals surface area contributed by atoms with Crippen LogP contribution >= 0.6 is 0 Å². The summed E-state index contributed by atoms with van der Waals surface area (Å²) < 4.78 is 11.1. The van der Waals surface area contributed by atoms with Crippen LogP contribution < -0.4 is 10.1 Å². The van der Waals surface area contributed by atoms with E-state index in [1.807, 2.05) is 13.0 Å². The smallest absolute Gasteiger partial charge is 0.120 e. The van der Waals surface area contributed by atoms with Crippen LogP contribution in [-0.4, -0.2) is 7.11 Å². The van der Waals surface area contributed by atoms with Gasteiger partial charge in [0.15, 0.2) is 0 Å². The molecular formula is C18H23NO2. The minimum absolute atomic E-state index is 0.209. The van der Waals surface area contributed by atoms with Gasteiger partial charge in [0, 0.05) is 6.04 Å². The molecule has 1 heterocycles. The number of fused-ring (bicyclic) bond motifs is 1. The summed E-state index contributed by atoms with van der Waals surface area (Å²) in [7, 11) is 1.72. The molecule has 2 unspecified atom stereocenters. The van der Waals surface area contributed by atoms with E-state index in [0.717, 1.165) is 30.1 Å². The highest BCUT2D eigenvalue weighted by Gasteiger charge is 2.23. The lowest BCUT2D eigenvalue weighted by atomic mass is 9.87. The predicted octanol–water partition coefficient (Wildman–Crippen LogP) is 4.32. The highest BCUT2D eigenvalue weighted by Crippen LogP contribution is 2.34. The van der Waals surface area contributed by atoms with E-state index < -0.39 is 0 Å². The molecule has 0 saturated heterocycles. The quantitative estimate of drug-likeness (QED) is 0.908. The summed E-state index contributed by atoms with van der Waals surface area (Å²) in [6, 6.07) is 11.1. The molecule has 0 bridgehead atoms. The summed E-state index contributed by atoms with van der Waals surface area (Å²) >= 11 is 0. The van der Waals surface area contributed by atoms with Crippen LogP contribution in [0.25, 0.3) is 0 Å². The number of benzene rings is 1. The van der Waals surface area contributed by atoms with Crippen molar-refractivity contribution < 1.29 is 9.15 Å². The van der Waals surface area contributed by atoms with Crippen molar-refractivity contribution in [3.63, 3.8) is 0 Å². The van der Waals surface area contributed by atoms with Crippen LogP contribution in [0.15, 0.2) is 34.7 Å². The second kappa shape index (κ2) is 5.94. The minimum atomic E-state index is 0.209. The standard InChI is InChI=1S/C18H23NO2/c1-12-7-10-18(21-12)13(2)19-17-6-4-5-14-8-9-15(20-3)11-16(14)17/h7-11,13,17,19H,4-6H2,1-3H3. The second-order valence-corrected chi connectivity index (χ2v) is 5.85. The van der Waals surface area contributed by atoms with Crippen LogP contribution in [-0.2, 0) is 6.42 Å². The van der Waals surface area contributed by atoms with Crippen molar-refractivity contribution in [2.24, 2.45) is 0 Å². The number of hydrogen-bond donors (Lipinski definition) is 1. The first-order valence-corrected chi connectivity index (χ1v) is 7.66. The summed E-state index contributed by atoms with van der Waals surface area (Å²) in [6.45, 7) is 4.14. The first kappa shape index (κ1) is 14.2. The Morgan fingerprint density at radius 2 is 2.14 bits per heavy atom. The maximum Gasteiger partial charge on any atom is 0.120 e. The molecular weight excluding hydrogens is 262 g/mol. The number of ether oxygens (including phenoxy) is 1. The fourth-order valence-electron chi connectivity index (χ4n) is 3.15. The Bertz CT molecular complexity index is 617. The Kier molecular flexibility index (Phi) is 4.02. The van der Waals surface area contributed by atoms with Gasteiger partial charge < -0.3 is 14.5 Å². The normalized spacial score (nSPS) is 19.1. The number of aryl methyl sites for hydroxylation is 2. The third-order valence-corrected chi connectivity index (χ3v) is 4.31. The molecule has 1 aliphatic carbocycles. The molecule has 2 aromatic rings. The Balaban J connectivity index is 1.81. The molecule has 0 fully saturated rings. The summed E-state index contributed by atoms with van der Waals surface area (Å²) in [4.78, 5) is 0. The van der Waals surface area contributed by atoms with Crippen molar-refractivity contribution in [2.75, 3.05) is 7.11 Å². The zero-order valence-corrected chi connectivity index (χ0v) is 13.0. The molecule has 3 rings (SSSR count). The Hall–Kier alpha value is -1.74. The van der Waals surface area contributed by atoms with E-state index in [0.29, 0.717) is 6.04 Å². The highest BCUT2D eigenvalue weighted by atomic mass is 16.5. The van der Waals surface area contributed by atoms with Gasteiger partial charge in [-0.25, -0.2) is 0 Å². The Labute approximate surface area is 126 Å². The first-order chi connectivity index (χ1) is 10.2. The van der Waals surface area contributed by atoms with Crippen LogP contribution in [0.2, 0.25) is 0 Å². The van der Waals surface area contributed by atoms with Gasteiger partial charge in [-0.1, -0.05) is 6.07 Å². The zero-order valence-electron chi connectivity index (χ0n) is 13.0. The SMILES string of the molecule is COc1ccc2c(c1)C(NC(C)c1ccc(C)o1)CCC2. The molecule has 2 atom stereocenters. The molecule has 3 nitrogen and oxygen atoms in total. The summed E-state index contributed by atoms with van der Waals surface area (Å²) in [5, 5.41) is 3.71. The van der Waals surface area contributed by atoms with Gasteiger partial charge in [-0.05, 0) is 68.5 Å². The molecule has 0 radical (unpaired) electrons. The third kappa shape index (κ3) is 2.98. The molecule has 0 saturated carbocycles. The molecule has 0 amide bonds. The number of furan rings is 1. The van der Waals surface area contributed by atoms with Crippen molar-refractivity contribution >= 4 is 0 Å². The van der Waals surface area contributed by atoms with Crippen molar-refractivity contribution in [3.05, 3.63) is 53.0 Å². The summed E-state index contributed by atoms with van der Waals surface area (Å²) in [5.74, 6) is 2.90. The average molecular weight is 285 g/mol. The number of nitrogens with one attached hydrogen (secondary N) is 1. The van der Waals surface area contributed by atoms with Gasteiger partial charge in [0.05, 0.1) is 13.2 Å². The van der Waals surface area contributed by atoms with Gasteiger partial charge in [-0.3, -0.25) is 0 Å². The highest BCUT2D eigenvalue weighted by molar-refractivity contribution is 5.39. The van der Waals surface area contributed by atoms with E-state index in [9.17, 15) is 0 Å². The van der Waals surface area contributed by atoms with Crippen molar-refractivity contribution in [2.45, 2.75) is 45.2 Å². The lowest BCUT2D eigenvalue weighted by Gasteiger charge is -2.29. The van der Waals surface area contributed by atoms with Gasteiger partial charge in [0.2, 0.25) is 0 Å². The van der Waals surface area contributed by atoms with Crippen LogP contribution in [0, 0.1) is 6.92 Å². The van der Waals surface area contributed by atoms with E-state index in [-0.39, 0.29) is 6.04 Å². The summed E-state index contributed by atoms with van der Waals surface area (Å²) in [5.41, 5.74) is 2.80. The van der Waals surface area contributed by atoms with Gasteiger partial charge in [0.1, 0.15) is 17.3 Å². The lowest BCUT2D eigenvalue weighted by molar-refractivity contribution is 0.359. The third-order valence-electron chi connectivity index (χ3n) is 4.31. The molecule has 1 aromatic carbocycles. The topological polar surface area (TPSA) is 34.4 Å². The molecule has 3 heteroatoms.